The first-order valence-corrected chi connectivity index (χ1v) is 1.91. The Morgan fingerprint density at radius 1 is 1.29 bits per heavy atom. The van der Waals surface area contributed by atoms with Crippen molar-refractivity contribution in [2.24, 2.45) is 0 Å². The zero-order chi connectivity index (χ0) is 5.58. The van der Waals surface area contributed by atoms with Gasteiger partial charge in [0.1, 0.15) is 0 Å². The van der Waals surface area contributed by atoms with E-state index in [1.54, 1.807) is 0 Å². The third kappa shape index (κ3) is 168. The maximum Gasteiger partial charge on any atom is 1.00 e. The maximum atomic E-state index is 8.67. The van der Waals surface area contributed by atoms with Gasteiger partial charge in [0.2, 0.25) is 0 Å². The second kappa shape index (κ2) is 15.7. The van der Waals surface area contributed by atoms with E-state index in [1.807, 2.05) is 0 Å². The van der Waals surface area contributed by atoms with E-state index in [1.165, 1.54) is 0 Å². The zero-order valence-electron chi connectivity index (χ0n) is 3.87. The first-order valence-electron chi connectivity index (χ1n) is 0.848. The molecule has 0 spiro atoms. The van der Waals surface area contributed by atoms with Gasteiger partial charge in [-0.3, -0.25) is 9.11 Å². The van der Waals surface area contributed by atoms with E-state index in [9.17, 15) is 0 Å². The minimum Gasteiger partial charge on any atom is -0.569 e. The van der Waals surface area contributed by atoms with Gasteiger partial charge in [-0.25, -0.2) is 7.11 Å². The molecule has 0 aromatic heterocycles. The van der Waals surface area contributed by atoms with E-state index in [0.29, 0.717) is 0 Å². The quantitative estimate of drug-likeness (QED) is 0.186. The summed E-state index contributed by atoms with van der Waals surface area (Å²) in [5, 5.41) is 6.75. The van der Waals surface area contributed by atoms with Gasteiger partial charge in [0, 0.05) is 0 Å². The maximum absolute atomic E-state index is 8.67. The van der Waals surface area contributed by atoms with Crippen LogP contribution in [-0.4, -0.2) is 18.4 Å². The summed E-state index contributed by atoms with van der Waals surface area (Å²) in [6, 6.07) is 0. The van der Waals surface area contributed by atoms with Crippen molar-refractivity contribution >= 4 is 11.4 Å². The molecule has 0 atom stereocenters. The van der Waals surface area contributed by atoms with Crippen LogP contribution < -0.4 is 29.6 Å². The van der Waals surface area contributed by atoms with E-state index >= 15 is 0 Å². The predicted octanol–water partition coefficient (Wildman–Crippen LogP) is -3.16. The number of hydrogen-bond donors (Lipinski definition) is 3. The van der Waals surface area contributed by atoms with Gasteiger partial charge in [0.25, 0.3) is 11.4 Å². The van der Waals surface area contributed by atoms with Gasteiger partial charge in [-0.1, -0.05) is 0 Å². The third-order valence-corrected chi connectivity index (χ3v) is 0. The molecule has 3 N–H and O–H groups in total. The van der Waals surface area contributed by atoms with E-state index in [2.05, 4.69) is 7.11 Å². The average molecular weight is 136 g/mol. The van der Waals surface area contributed by atoms with Crippen molar-refractivity contribution in [3.63, 3.8) is 0 Å². The van der Waals surface area contributed by atoms with Crippen LogP contribution in [0.5, 0.6) is 0 Å². The molecule has 0 aromatic carbocycles. The molecule has 0 amide bonds. The van der Waals surface area contributed by atoms with E-state index in [0.717, 1.165) is 0 Å². The Morgan fingerprint density at radius 2 is 1.29 bits per heavy atom. The predicted molar refractivity (Wildman–Crippen MR) is 20.7 cm³/mol. The van der Waals surface area contributed by atoms with Crippen LogP contribution in [0.15, 0.2) is 0 Å². The molecule has 6 heteroatoms. The summed E-state index contributed by atoms with van der Waals surface area (Å²) in [6.45, 7) is 0. The van der Waals surface area contributed by atoms with Crippen molar-refractivity contribution in [1.29, 1.82) is 0 Å². The Labute approximate surface area is 66.3 Å². The van der Waals surface area contributed by atoms with E-state index < -0.39 is 11.4 Å². The second-order valence-corrected chi connectivity index (χ2v) is 0.692. The summed E-state index contributed by atoms with van der Waals surface area (Å²) in [6.07, 6.45) is 0. The van der Waals surface area contributed by atoms with Gasteiger partial charge in [0.15, 0.2) is 0 Å². The molecule has 0 saturated heterocycles. The SMILES string of the molecule is O=S(O)O.[CH2-]O.[Na+]. The van der Waals surface area contributed by atoms with Crippen LogP contribution >= 0.6 is 0 Å². The molecule has 0 saturated carbocycles. The van der Waals surface area contributed by atoms with Crippen LogP contribution in [0.3, 0.4) is 0 Å². The Kier molecular flexibility index (Phi) is 35.3. The standard InChI is InChI=1S/CH3O.Na.H2O3S/c1-2;;1-4(2)3/h2H,1H2;;(H2,1,2,3)/q-1;+1;. The summed E-state index contributed by atoms with van der Waals surface area (Å²) >= 11 is -2.61. The normalized spacial score (nSPS) is 5.86. The fraction of sp³-hybridized carbons (Fsp3) is 0. The molecular formula is CH5NaO4S. The summed E-state index contributed by atoms with van der Waals surface area (Å²) in [7, 11) is 2.25. The minimum absolute atomic E-state index is 0. The molecular weight excluding hydrogens is 131 g/mol. The molecule has 0 aromatic rings. The minimum atomic E-state index is -2.61. The van der Waals surface area contributed by atoms with Crippen LogP contribution in [0.2, 0.25) is 0 Å². The van der Waals surface area contributed by atoms with Gasteiger partial charge in [-0.05, 0) is 0 Å². The van der Waals surface area contributed by atoms with Crippen LogP contribution in [0.4, 0.5) is 0 Å². The Bertz CT molecular complexity index is 34.7. The van der Waals surface area contributed by atoms with E-state index in [-0.39, 0.29) is 29.6 Å². The fourth-order valence-electron chi connectivity index (χ4n) is 0. The van der Waals surface area contributed by atoms with Gasteiger partial charge < -0.3 is 5.11 Å². The summed E-state index contributed by atoms with van der Waals surface area (Å²) in [4.78, 5) is 0. The van der Waals surface area contributed by atoms with Crippen LogP contribution in [-0.2, 0) is 11.4 Å². The third-order valence-electron chi connectivity index (χ3n) is 0. The summed E-state index contributed by atoms with van der Waals surface area (Å²) in [5.74, 6) is 0. The van der Waals surface area contributed by atoms with Crippen molar-refractivity contribution in [3.05, 3.63) is 7.11 Å². The smallest absolute Gasteiger partial charge is 0.569 e. The van der Waals surface area contributed by atoms with Crippen LogP contribution in [0, 0.1) is 7.11 Å². The molecule has 7 heavy (non-hydrogen) atoms. The molecule has 0 aliphatic heterocycles. The molecule has 4 nitrogen and oxygen atoms in total. The number of rotatable bonds is 0. The Morgan fingerprint density at radius 3 is 1.29 bits per heavy atom. The van der Waals surface area contributed by atoms with E-state index in [4.69, 9.17) is 18.4 Å². The van der Waals surface area contributed by atoms with Gasteiger partial charge in [-0.2, -0.15) is 4.21 Å². The molecule has 0 unspecified atom stereocenters. The first kappa shape index (κ1) is 15.7. The number of hydrogen-bond acceptors (Lipinski definition) is 2. The molecule has 0 bridgehead atoms. The van der Waals surface area contributed by atoms with Crippen molar-refractivity contribution in [2.75, 3.05) is 0 Å². The second-order valence-electron chi connectivity index (χ2n) is 0.231. The molecule has 0 fully saturated rings. The first-order chi connectivity index (χ1) is 2.73. The van der Waals surface area contributed by atoms with Crippen molar-refractivity contribution < 1.29 is 48.0 Å². The van der Waals surface area contributed by atoms with Crippen molar-refractivity contribution in [2.45, 2.75) is 0 Å². The van der Waals surface area contributed by atoms with Crippen molar-refractivity contribution in [3.8, 4) is 0 Å². The number of aliphatic hydroxyl groups is 1. The summed E-state index contributed by atoms with van der Waals surface area (Å²) < 4.78 is 22.8. The van der Waals surface area contributed by atoms with Gasteiger partial charge >= 0.3 is 29.6 Å². The topological polar surface area (TPSA) is 77.8 Å². The Hall–Kier alpha value is 1.03. The fourth-order valence-corrected chi connectivity index (χ4v) is 0. The average Bonchev–Trinajstić information content (AvgIpc) is 1.41. The molecule has 0 aliphatic carbocycles. The molecule has 0 heterocycles. The zero-order valence-corrected chi connectivity index (χ0v) is 6.68. The molecule has 0 aliphatic rings. The number of aliphatic hydroxyl groups excluding tert-OH is 1. The molecule has 0 rings (SSSR count). The Balaban J connectivity index is -0.0000000480. The van der Waals surface area contributed by atoms with Crippen molar-refractivity contribution in [1.82, 2.24) is 0 Å². The van der Waals surface area contributed by atoms with Gasteiger partial charge in [0.05, 0.1) is 0 Å². The van der Waals surface area contributed by atoms with Crippen LogP contribution in [0.25, 0.3) is 0 Å². The summed E-state index contributed by atoms with van der Waals surface area (Å²) in [5.41, 5.74) is 0. The monoisotopic (exact) mass is 136 g/mol. The molecule has 0 radical (unpaired) electrons. The largest absolute Gasteiger partial charge is 1.00 e. The van der Waals surface area contributed by atoms with Gasteiger partial charge in [-0.15, -0.1) is 0 Å². The molecule has 40 valence electrons. The van der Waals surface area contributed by atoms with Crippen LogP contribution in [0.1, 0.15) is 0 Å².